The van der Waals surface area contributed by atoms with Crippen molar-refractivity contribution in [3.05, 3.63) is 0 Å². The molecule has 1 aliphatic rings. The highest BCUT2D eigenvalue weighted by molar-refractivity contribution is 5.76. The molecule has 1 fully saturated rings. The number of carboxylic acid groups (broad SMARTS) is 1. The van der Waals surface area contributed by atoms with Crippen molar-refractivity contribution in [1.82, 2.24) is 10.2 Å². The second kappa shape index (κ2) is 6.26. The Labute approximate surface area is 115 Å². The summed E-state index contributed by atoms with van der Waals surface area (Å²) in [5.74, 6) is -1.01. The molecule has 0 saturated carbocycles. The van der Waals surface area contributed by atoms with Crippen LogP contribution in [0.4, 0.5) is 4.79 Å². The van der Waals surface area contributed by atoms with E-state index < -0.39 is 11.9 Å². The number of nitrogens with zero attached hydrogens (tertiary/aromatic N) is 1. The molecular formula is C14H26N2O3. The number of aliphatic carboxylic acids is 1. The quantitative estimate of drug-likeness (QED) is 0.822. The van der Waals surface area contributed by atoms with Gasteiger partial charge in [-0.3, -0.25) is 4.79 Å². The van der Waals surface area contributed by atoms with Gasteiger partial charge in [0.05, 0.1) is 5.92 Å². The first-order valence-corrected chi connectivity index (χ1v) is 7.00. The third-order valence-electron chi connectivity index (χ3n) is 3.97. The molecule has 2 atom stereocenters. The first kappa shape index (κ1) is 15.8. The third kappa shape index (κ3) is 4.73. The highest BCUT2D eigenvalue weighted by Crippen LogP contribution is 2.22. The summed E-state index contributed by atoms with van der Waals surface area (Å²) in [6.07, 6.45) is 1.64. The summed E-state index contributed by atoms with van der Waals surface area (Å²) in [4.78, 5) is 24.8. The van der Waals surface area contributed by atoms with Crippen LogP contribution in [0.1, 0.15) is 40.5 Å². The molecule has 1 heterocycles. The average Bonchev–Trinajstić information content (AvgIpc) is 2.35. The van der Waals surface area contributed by atoms with Crippen LogP contribution in [-0.2, 0) is 4.79 Å². The monoisotopic (exact) mass is 270 g/mol. The van der Waals surface area contributed by atoms with E-state index in [1.54, 1.807) is 4.90 Å². The van der Waals surface area contributed by atoms with Gasteiger partial charge in [-0.15, -0.1) is 0 Å². The molecule has 0 aromatic rings. The van der Waals surface area contributed by atoms with Crippen LogP contribution in [-0.4, -0.2) is 41.6 Å². The van der Waals surface area contributed by atoms with Crippen molar-refractivity contribution in [2.45, 2.75) is 40.5 Å². The van der Waals surface area contributed by atoms with Crippen LogP contribution < -0.4 is 5.32 Å². The molecule has 0 radical (unpaired) electrons. The van der Waals surface area contributed by atoms with E-state index in [2.05, 4.69) is 26.1 Å². The number of hydrogen-bond acceptors (Lipinski definition) is 2. The highest BCUT2D eigenvalue weighted by atomic mass is 16.4. The van der Waals surface area contributed by atoms with Crippen molar-refractivity contribution in [3.8, 4) is 0 Å². The Morgan fingerprint density at radius 2 is 2.00 bits per heavy atom. The second-order valence-electron chi connectivity index (χ2n) is 6.46. The molecule has 0 bridgehead atoms. The normalized spacial score (nSPS) is 24.1. The summed E-state index contributed by atoms with van der Waals surface area (Å²) in [7, 11) is 0. The largest absolute Gasteiger partial charge is 0.481 e. The zero-order valence-corrected chi connectivity index (χ0v) is 12.4. The van der Waals surface area contributed by atoms with E-state index in [0.717, 1.165) is 6.42 Å². The Hall–Kier alpha value is -1.26. The molecule has 1 rings (SSSR count). The number of carbonyl (C=O) groups is 2. The molecule has 0 aromatic carbocycles. The molecule has 5 heteroatoms. The van der Waals surface area contributed by atoms with Gasteiger partial charge in [0.25, 0.3) is 0 Å². The Kier molecular flexibility index (Phi) is 5.20. The number of nitrogens with one attached hydrogen (secondary N) is 1. The van der Waals surface area contributed by atoms with E-state index in [4.69, 9.17) is 5.11 Å². The first-order chi connectivity index (χ1) is 8.75. The van der Waals surface area contributed by atoms with Crippen LogP contribution in [0.5, 0.6) is 0 Å². The van der Waals surface area contributed by atoms with Gasteiger partial charge in [0.1, 0.15) is 0 Å². The van der Waals surface area contributed by atoms with Crippen molar-refractivity contribution in [2.75, 3.05) is 19.6 Å². The zero-order chi connectivity index (χ0) is 14.6. The van der Waals surface area contributed by atoms with Gasteiger partial charge >= 0.3 is 12.0 Å². The van der Waals surface area contributed by atoms with Crippen LogP contribution >= 0.6 is 0 Å². The molecular weight excluding hydrogens is 244 g/mol. The van der Waals surface area contributed by atoms with E-state index in [-0.39, 0.29) is 17.4 Å². The SMILES string of the molecule is CCC(C)(C)CNC(=O)N1CC(C)CC(C(=O)O)C1. The maximum Gasteiger partial charge on any atom is 0.317 e. The van der Waals surface area contributed by atoms with Gasteiger partial charge in [-0.2, -0.15) is 0 Å². The molecule has 2 unspecified atom stereocenters. The summed E-state index contributed by atoms with van der Waals surface area (Å²) in [6.45, 7) is 9.87. The van der Waals surface area contributed by atoms with Crippen LogP contribution in [0, 0.1) is 17.3 Å². The van der Waals surface area contributed by atoms with E-state index in [1.807, 2.05) is 6.92 Å². The Bertz CT molecular complexity index is 342. The number of rotatable bonds is 4. The molecule has 2 N–H and O–H groups in total. The van der Waals surface area contributed by atoms with Crippen molar-refractivity contribution < 1.29 is 14.7 Å². The van der Waals surface area contributed by atoms with E-state index >= 15 is 0 Å². The van der Waals surface area contributed by atoms with E-state index in [9.17, 15) is 9.59 Å². The first-order valence-electron chi connectivity index (χ1n) is 7.00. The summed E-state index contributed by atoms with van der Waals surface area (Å²) < 4.78 is 0. The van der Waals surface area contributed by atoms with Gasteiger partial charge in [0.2, 0.25) is 0 Å². The molecule has 19 heavy (non-hydrogen) atoms. The number of hydrogen-bond donors (Lipinski definition) is 2. The van der Waals surface area contributed by atoms with Crippen molar-refractivity contribution >= 4 is 12.0 Å². The van der Waals surface area contributed by atoms with Crippen LogP contribution in [0.15, 0.2) is 0 Å². The molecule has 0 spiro atoms. The number of urea groups is 1. The van der Waals surface area contributed by atoms with Crippen molar-refractivity contribution in [2.24, 2.45) is 17.3 Å². The fourth-order valence-electron chi connectivity index (χ4n) is 2.25. The Morgan fingerprint density at radius 3 is 2.53 bits per heavy atom. The lowest BCUT2D eigenvalue weighted by molar-refractivity contribution is -0.143. The minimum Gasteiger partial charge on any atom is -0.481 e. The Balaban J connectivity index is 2.54. The minimum absolute atomic E-state index is 0.0727. The van der Waals surface area contributed by atoms with Crippen molar-refractivity contribution in [1.29, 1.82) is 0 Å². The molecule has 0 aromatic heterocycles. The smallest absolute Gasteiger partial charge is 0.317 e. The zero-order valence-electron chi connectivity index (χ0n) is 12.4. The molecule has 5 nitrogen and oxygen atoms in total. The third-order valence-corrected chi connectivity index (χ3v) is 3.97. The van der Waals surface area contributed by atoms with Gasteiger partial charge < -0.3 is 15.3 Å². The van der Waals surface area contributed by atoms with Gasteiger partial charge in [-0.05, 0) is 24.2 Å². The van der Waals surface area contributed by atoms with Crippen molar-refractivity contribution in [3.63, 3.8) is 0 Å². The van der Waals surface area contributed by atoms with Crippen LogP contribution in [0.2, 0.25) is 0 Å². The fourth-order valence-corrected chi connectivity index (χ4v) is 2.25. The van der Waals surface area contributed by atoms with Gasteiger partial charge in [0.15, 0.2) is 0 Å². The Morgan fingerprint density at radius 1 is 1.37 bits per heavy atom. The summed E-state index contributed by atoms with van der Waals surface area (Å²) in [5.41, 5.74) is 0.0727. The molecule has 110 valence electrons. The number of carbonyl (C=O) groups excluding carboxylic acids is 1. The lowest BCUT2D eigenvalue weighted by atomic mass is 9.90. The number of likely N-dealkylation sites (tertiary alicyclic amines) is 1. The van der Waals surface area contributed by atoms with E-state index in [1.165, 1.54) is 0 Å². The van der Waals surface area contributed by atoms with Crippen LogP contribution in [0.25, 0.3) is 0 Å². The van der Waals surface area contributed by atoms with Gasteiger partial charge in [-0.25, -0.2) is 4.79 Å². The summed E-state index contributed by atoms with van der Waals surface area (Å²) in [5, 5.41) is 12.0. The number of carboxylic acids is 1. The predicted molar refractivity (Wildman–Crippen MR) is 74.0 cm³/mol. The lowest BCUT2D eigenvalue weighted by Gasteiger charge is -2.35. The fraction of sp³-hybridized carbons (Fsp3) is 0.857. The molecule has 1 saturated heterocycles. The van der Waals surface area contributed by atoms with Crippen LogP contribution in [0.3, 0.4) is 0 Å². The molecule has 1 aliphatic heterocycles. The standard InChI is InChI=1S/C14H26N2O3/c1-5-14(3,4)9-15-13(19)16-7-10(2)6-11(8-16)12(17)18/h10-11H,5-9H2,1-4H3,(H,15,19)(H,17,18). The topological polar surface area (TPSA) is 69.6 Å². The van der Waals surface area contributed by atoms with E-state index in [0.29, 0.717) is 26.1 Å². The maximum atomic E-state index is 12.1. The minimum atomic E-state index is -0.807. The highest BCUT2D eigenvalue weighted by Gasteiger charge is 2.32. The predicted octanol–water partition coefficient (Wildman–Crippen LogP) is 2.17. The van der Waals surface area contributed by atoms with Gasteiger partial charge in [-0.1, -0.05) is 27.7 Å². The molecule has 2 amide bonds. The number of amides is 2. The average molecular weight is 270 g/mol. The van der Waals surface area contributed by atoms with Gasteiger partial charge in [0, 0.05) is 19.6 Å². The summed E-state index contributed by atoms with van der Waals surface area (Å²) >= 11 is 0. The number of piperidine rings is 1. The lowest BCUT2D eigenvalue weighted by Crippen LogP contribution is -2.50. The maximum absolute atomic E-state index is 12.1. The molecule has 0 aliphatic carbocycles. The summed E-state index contributed by atoms with van der Waals surface area (Å²) in [6, 6.07) is -0.140. The second-order valence-corrected chi connectivity index (χ2v) is 6.46.